The zero-order valence-electron chi connectivity index (χ0n) is 10.4. The van der Waals surface area contributed by atoms with Crippen molar-refractivity contribution in [3.8, 4) is 0 Å². The summed E-state index contributed by atoms with van der Waals surface area (Å²) in [7, 11) is 0. The smallest absolute Gasteiger partial charge is 0.303 e. The Morgan fingerprint density at radius 1 is 1.00 bits per heavy atom. The Morgan fingerprint density at radius 2 is 1.65 bits per heavy atom. The van der Waals surface area contributed by atoms with Crippen LogP contribution in [0, 0.1) is 10.1 Å². The van der Waals surface area contributed by atoms with Crippen LogP contribution in [0.4, 0.5) is 5.69 Å². The number of fused-ring (bicyclic) bond motifs is 1. The number of hydrogen-bond acceptors (Lipinski definition) is 4. The number of rotatable bonds is 2. The number of nitro groups is 1. The number of allylic oxidation sites excluding steroid dienone is 1. The first-order valence-electron chi connectivity index (χ1n) is 6.03. The maximum absolute atomic E-state index is 12.3. The summed E-state index contributed by atoms with van der Waals surface area (Å²) in [4.78, 5) is 23.1. The summed E-state index contributed by atoms with van der Waals surface area (Å²) in [5.74, 6) is -0.351. The third-order valence-electron chi connectivity index (χ3n) is 3.13. The lowest BCUT2D eigenvalue weighted by atomic mass is 10.1. The summed E-state index contributed by atoms with van der Waals surface area (Å²) in [6.07, 6.45) is 0. The van der Waals surface area contributed by atoms with E-state index in [-0.39, 0.29) is 17.2 Å². The number of carbonyl (C=O) groups excluding carboxylic acids is 1. The third kappa shape index (κ3) is 1.85. The number of nitrogens with one attached hydrogen (secondary N) is 1. The van der Waals surface area contributed by atoms with E-state index in [1.807, 2.05) is 0 Å². The Labute approximate surface area is 114 Å². The van der Waals surface area contributed by atoms with Gasteiger partial charge < -0.3 is 5.32 Å². The Hall–Kier alpha value is -2.95. The summed E-state index contributed by atoms with van der Waals surface area (Å²) in [5.41, 5.74) is 1.27. The summed E-state index contributed by atoms with van der Waals surface area (Å²) < 4.78 is 0. The van der Waals surface area contributed by atoms with Gasteiger partial charge in [-0.2, -0.15) is 0 Å². The molecule has 0 radical (unpaired) electrons. The van der Waals surface area contributed by atoms with E-state index in [1.165, 1.54) is 0 Å². The Kier molecular flexibility index (Phi) is 2.80. The van der Waals surface area contributed by atoms with Crippen LogP contribution in [0.3, 0.4) is 0 Å². The van der Waals surface area contributed by atoms with Gasteiger partial charge in [0.25, 0.3) is 0 Å². The fourth-order valence-electron chi connectivity index (χ4n) is 2.22. The minimum Gasteiger partial charge on any atom is -0.346 e. The number of hydrogen-bond donors (Lipinski definition) is 1. The minimum atomic E-state index is -0.526. The maximum Gasteiger partial charge on any atom is 0.303 e. The summed E-state index contributed by atoms with van der Waals surface area (Å²) in [6, 6.07) is 15.3. The molecule has 1 aliphatic rings. The van der Waals surface area contributed by atoms with Gasteiger partial charge in [-0.15, -0.1) is 0 Å². The second kappa shape index (κ2) is 4.62. The second-order valence-electron chi connectivity index (χ2n) is 4.35. The van der Waals surface area contributed by atoms with Gasteiger partial charge >= 0.3 is 5.70 Å². The molecule has 2 aromatic rings. The average molecular weight is 266 g/mol. The highest BCUT2D eigenvalue weighted by molar-refractivity contribution is 6.21. The first-order valence-corrected chi connectivity index (χ1v) is 6.03. The number of para-hydroxylation sites is 1. The molecule has 0 aliphatic carbocycles. The SMILES string of the molecule is O=C1/C(=C(/c2ccccc2)[N+](=O)[O-])Nc2ccccc21. The number of carbonyl (C=O) groups is 1. The van der Waals surface area contributed by atoms with Crippen molar-refractivity contribution in [3.05, 3.63) is 81.5 Å². The molecule has 0 spiro atoms. The van der Waals surface area contributed by atoms with Crippen LogP contribution >= 0.6 is 0 Å². The van der Waals surface area contributed by atoms with Crippen LogP contribution in [0.25, 0.3) is 5.70 Å². The van der Waals surface area contributed by atoms with Crippen molar-refractivity contribution < 1.29 is 9.72 Å². The largest absolute Gasteiger partial charge is 0.346 e. The van der Waals surface area contributed by atoms with Crippen LogP contribution in [0.1, 0.15) is 15.9 Å². The molecule has 0 fully saturated rings. The zero-order chi connectivity index (χ0) is 14.1. The normalized spacial score (nSPS) is 15.5. The second-order valence-corrected chi connectivity index (χ2v) is 4.35. The summed E-state index contributed by atoms with van der Waals surface area (Å²) in [6.45, 7) is 0. The van der Waals surface area contributed by atoms with E-state index in [2.05, 4.69) is 5.32 Å². The lowest BCUT2D eigenvalue weighted by Gasteiger charge is -2.02. The Balaban J connectivity index is 2.18. The summed E-state index contributed by atoms with van der Waals surface area (Å²) in [5, 5.41) is 14.2. The van der Waals surface area contributed by atoms with E-state index in [0.717, 1.165) is 0 Å². The molecule has 1 heterocycles. The molecule has 2 aromatic carbocycles. The average Bonchev–Trinajstić information content (AvgIpc) is 2.78. The molecule has 20 heavy (non-hydrogen) atoms. The van der Waals surface area contributed by atoms with Crippen molar-refractivity contribution in [2.24, 2.45) is 0 Å². The molecule has 0 bridgehead atoms. The Morgan fingerprint density at radius 3 is 2.30 bits per heavy atom. The van der Waals surface area contributed by atoms with Crippen molar-refractivity contribution in [2.75, 3.05) is 5.32 Å². The lowest BCUT2D eigenvalue weighted by molar-refractivity contribution is -0.376. The van der Waals surface area contributed by atoms with Gasteiger partial charge in [0.2, 0.25) is 5.78 Å². The predicted octanol–water partition coefficient (Wildman–Crippen LogP) is 2.94. The number of ketones is 1. The highest BCUT2D eigenvalue weighted by Gasteiger charge is 2.33. The molecule has 0 aromatic heterocycles. The monoisotopic (exact) mass is 266 g/mol. The number of benzene rings is 2. The van der Waals surface area contributed by atoms with E-state index in [0.29, 0.717) is 16.8 Å². The Bertz CT molecular complexity index is 736. The van der Waals surface area contributed by atoms with Crippen LogP contribution in [0.15, 0.2) is 60.3 Å². The molecule has 98 valence electrons. The van der Waals surface area contributed by atoms with Crippen molar-refractivity contribution in [1.82, 2.24) is 0 Å². The molecule has 1 aliphatic heterocycles. The van der Waals surface area contributed by atoms with Gasteiger partial charge in [0.15, 0.2) is 5.70 Å². The minimum absolute atomic E-state index is 0.0161. The molecular formula is C15H10N2O3. The quantitative estimate of drug-likeness (QED) is 0.515. The topological polar surface area (TPSA) is 72.2 Å². The number of Topliss-reactive ketones (excluding diaryl/α,β-unsaturated/α-hetero) is 1. The highest BCUT2D eigenvalue weighted by Crippen LogP contribution is 2.32. The first-order chi connectivity index (χ1) is 9.68. The zero-order valence-corrected chi connectivity index (χ0v) is 10.4. The van der Waals surface area contributed by atoms with Gasteiger partial charge in [-0.05, 0) is 24.3 Å². The van der Waals surface area contributed by atoms with Gasteiger partial charge in [-0.1, -0.05) is 30.3 Å². The molecule has 0 amide bonds. The lowest BCUT2D eigenvalue weighted by Crippen LogP contribution is -2.10. The van der Waals surface area contributed by atoms with Crippen molar-refractivity contribution in [1.29, 1.82) is 0 Å². The molecule has 5 nitrogen and oxygen atoms in total. The van der Waals surface area contributed by atoms with Gasteiger partial charge in [-0.3, -0.25) is 14.9 Å². The summed E-state index contributed by atoms with van der Waals surface area (Å²) >= 11 is 0. The van der Waals surface area contributed by atoms with Gasteiger partial charge in [0.1, 0.15) is 0 Å². The number of nitrogens with zero attached hydrogens (tertiary/aromatic N) is 1. The molecule has 0 saturated carbocycles. The first kappa shape index (κ1) is 12.1. The van der Waals surface area contributed by atoms with Gasteiger partial charge in [0.05, 0.1) is 16.2 Å². The van der Waals surface area contributed by atoms with E-state index in [9.17, 15) is 14.9 Å². The van der Waals surface area contributed by atoms with Crippen molar-refractivity contribution >= 4 is 17.2 Å². The highest BCUT2D eigenvalue weighted by atomic mass is 16.6. The van der Waals surface area contributed by atoms with Crippen LogP contribution in [0.5, 0.6) is 0 Å². The molecule has 0 atom stereocenters. The van der Waals surface area contributed by atoms with Gasteiger partial charge in [-0.25, -0.2) is 0 Å². The molecule has 0 saturated heterocycles. The van der Waals surface area contributed by atoms with E-state index < -0.39 is 4.92 Å². The van der Waals surface area contributed by atoms with Crippen LogP contribution in [-0.2, 0) is 0 Å². The van der Waals surface area contributed by atoms with E-state index in [4.69, 9.17) is 0 Å². The number of anilines is 1. The van der Waals surface area contributed by atoms with Crippen LogP contribution in [-0.4, -0.2) is 10.7 Å². The van der Waals surface area contributed by atoms with Crippen LogP contribution < -0.4 is 5.32 Å². The molecular weight excluding hydrogens is 256 g/mol. The van der Waals surface area contributed by atoms with Gasteiger partial charge in [0, 0.05) is 5.56 Å². The van der Waals surface area contributed by atoms with Crippen molar-refractivity contribution in [2.45, 2.75) is 0 Å². The van der Waals surface area contributed by atoms with E-state index in [1.54, 1.807) is 54.6 Å². The predicted molar refractivity (Wildman–Crippen MR) is 74.8 cm³/mol. The standard InChI is InChI=1S/C15H10N2O3/c18-15-11-8-4-5-9-12(11)16-13(15)14(17(19)20)10-6-2-1-3-7-10/h1-9,16H/b14-13+. The molecule has 1 N–H and O–H groups in total. The molecule has 0 unspecified atom stereocenters. The molecule has 5 heteroatoms. The maximum atomic E-state index is 12.3. The van der Waals surface area contributed by atoms with Crippen LogP contribution in [0.2, 0.25) is 0 Å². The fraction of sp³-hybridized carbons (Fsp3) is 0. The third-order valence-corrected chi connectivity index (χ3v) is 3.13. The van der Waals surface area contributed by atoms with E-state index >= 15 is 0 Å². The van der Waals surface area contributed by atoms with Crippen molar-refractivity contribution in [3.63, 3.8) is 0 Å². The fourth-order valence-corrected chi connectivity index (χ4v) is 2.22. The molecule has 3 rings (SSSR count).